The smallest absolute Gasteiger partial charge is 0.416 e. The molecule has 0 saturated carbocycles. The van der Waals surface area contributed by atoms with E-state index in [1.807, 2.05) is 6.92 Å². The van der Waals surface area contributed by atoms with E-state index in [0.29, 0.717) is 44.7 Å². The predicted octanol–water partition coefficient (Wildman–Crippen LogP) is 5.23. The van der Waals surface area contributed by atoms with E-state index < -0.39 is 17.4 Å². The second-order valence-electron chi connectivity index (χ2n) is 7.96. The van der Waals surface area contributed by atoms with Gasteiger partial charge in [0.2, 0.25) is 0 Å². The number of methoxy groups -OCH3 is 1. The van der Waals surface area contributed by atoms with Crippen molar-refractivity contribution in [2.24, 2.45) is 0 Å². The maximum absolute atomic E-state index is 13.6. The third-order valence-electron chi connectivity index (χ3n) is 5.87. The van der Waals surface area contributed by atoms with Gasteiger partial charge in [-0.1, -0.05) is 23.4 Å². The Labute approximate surface area is 190 Å². The molecule has 34 heavy (non-hydrogen) atoms. The molecule has 5 aromatic rings. The Morgan fingerprint density at radius 2 is 1.94 bits per heavy atom. The number of nitrogens with one attached hydrogen (secondary N) is 1. The molecular weight excluding hydrogens is 449 g/mol. The second kappa shape index (κ2) is 7.75. The average molecular weight is 468 g/mol. The molecule has 174 valence electrons. The number of hydrogen-bond donors (Lipinski definition) is 1. The number of halogens is 3. The first-order chi connectivity index (χ1) is 16.2. The second-order valence-corrected chi connectivity index (χ2v) is 7.96. The highest BCUT2D eigenvalue weighted by Crippen LogP contribution is 2.39. The summed E-state index contributed by atoms with van der Waals surface area (Å²) in [5.74, 6) is 1.10. The van der Waals surface area contributed by atoms with E-state index in [1.165, 1.54) is 36.1 Å². The lowest BCUT2D eigenvalue weighted by Crippen LogP contribution is -2.20. The van der Waals surface area contributed by atoms with Crippen molar-refractivity contribution in [1.82, 2.24) is 19.7 Å². The highest BCUT2D eigenvalue weighted by Gasteiger charge is 2.33. The van der Waals surface area contributed by atoms with Crippen LogP contribution in [0.2, 0.25) is 0 Å². The molecule has 10 heteroatoms. The number of aromatic nitrogens is 4. The first-order valence-electron chi connectivity index (χ1n) is 10.4. The lowest BCUT2D eigenvalue weighted by atomic mass is 10.0. The van der Waals surface area contributed by atoms with E-state index >= 15 is 0 Å². The number of aromatic amines is 1. The molecule has 3 aromatic heterocycles. The number of fused-ring (bicyclic) bond motifs is 3. The molecule has 0 unspecified atom stereocenters. The van der Waals surface area contributed by atoms with Crippen LogP contribution in [0, 0.1) is 13.8 Å². The third kappa shape index (κ3) is 3.42. The van der Waals surface area contributed by atoms with E-state index in [-0.39, 0.29) is 12.1 Å². The average Bonchev–Trinajstić information content (AvgIpc) is 3.30. The number of aryl methyl sites for hydroxylation is 2. The molecule has 0 amide bonds. The number of hydrogen-bond acceptors (Lipinski definition) is 5. The van der Waals surface area contributed by atoms with Crippen molar-refractivity contribution in [1.29, 1.82) is 0 Å². The largest absolute Gasteiger partial charge is 0.496 e. The van der Waals surface area contributed by atoms with Crippen LogP contribution >= 0.6 is 0 Å². The van der Waals surface area contributed by atoms with Crippen molar-refractivity contribution in [2.45, 2.75) is 26.6 Å². The van der Waals surface area contributed by atoms with Gasteiger partial charge in [-0.25, -0.2) is 4.79 Å². The number of alkyl halides is 3. The fourth-order valence-corrected chi connectivity index (χ4v) is 4.36. The van der Waals surface area contributed by atoms with E-state index in [0.717, 1.165) is 11.6 Å². The Morgan fingerprint density at radius 1 is 1.18 bits per heavy atom. The fraction of sp³-hybridized carbons (Fsp3) is 0.208. The number of nitrogens with zero attached hydrogens (tertiary/aromatic N) is 3. The minimum atomic E-state index is -4.54. The number of ether oxygens (including phenoxy) is 1. The summed E-state index contributed by atoms with van der Waals surface area (Å²) in [7, 11) is 1.51. The van der Waals surface area contributed by atoms with Gasteiger partial charge in [0.05, 0.1) is 53.2 Å². The Bertz CT molecular complexity index is 1590. The maximum Gasteiger partial charge on any atom is 0.416 e. The Kier molecular flexibility index (Phi) is 4.96. The van der Waals surface area contributed by atoms with Crippen LogP contribution in [0.1, 0.15) is 22.6 Å². The molecule has 0 aliphatic carbocycles. The first kappa shape index (κ1) is 21.7. The molecule has 0 bridgehead atoms. The quantitative estimate of drug-likeness (QED) is 0.391. The third-order valence-corrected chi connectivity index (χ3v) is 5.87. The number of benzene rings is 2. The van der Waals surface area contributed by atoms with Crippen LogP contribution in [0.25, 0.3) is 33.1 Å². The zero-order valence-electron chi connectivity index (χ0n) is 18.4. The van der Waals surface area contributed by atoms with Crippen molar-refractivity contribution < 1.29 is 22.4 Å². The van der Waals surface area contributed by atoms with Gasteiger partial charge in [-0.2, -0.15) is 13.2 Å². The van der Waals surface area contributed by atoms with Crippen molar-refractivity contribution in [3.05, 3.63) is 75.7 Å². The molecule has 5 rings (SSSR count). The lowest BCUT2D eigenvalue weighted by Gasteiger charge is -2.14. The van der Waals surface area contributed by atoms with E-state index in [9.17, 15) is 18.0 Å². The highest BCUT2D eigenvalue weighted by molar-refractivity contribution is 6.04. The summed E-state index contributed by atoms with van der Waals surface area (Å²) in [5, 5.41) is 4.56. The topological polar surface area (TPSA) is 85.9 Å². The number of rotatable bonds is 4. The van der Waals surface area contributed by atoms with Crippen molar-refractivity contribution in [3.63, 3.8) is 0 Å². The van der Waals surface area contributed by atoms with Crippen LogP contribution < -0.4 is 10.4 Å². The van der Waals surface area contributed by atoms with Gasteiger partial charge in [-0.15, -0.1) is 0 Å². The maximum atomic E-state index is 13.6. The van der Waals surface area contributed by atoms with E-state index in [1.54, 1.807) is 19.1 Å². The van der Waals surface area contributed by atoms with Gasteiger partial charge in [-0.05, 0) is 37.6 Å². The Balaban J connectivity index is 1.76. The van der Waals surface area contributed by atoms with Crippen LogP contribution in [-0.4, -0.2) is 26.8 Å². The first-order valence-corrected chi connectivity index (χ1v) is 10.4. The lowest BCUT2D eigenvalue weighted by molar-refractivity contribution is -0.138. The van der Waals surface area contributed by atoms with Crippen LogP contribution in [0.4, 0.5) is 13.2 Å². The van der Waals surface area contributed by atoms with Gasteiger partial charge in [-0.3, -0.25) is 9.55 Å². The van der Waals surface area contributed by atoms with Crippen molar-refractivity contribution >= 4 is 21.9 Å². The van der Waals surface area contributed by atoms with Gasteiger partial charge in [0.1, 0.15) is 11.5 Å². The summed E-state index contributed by atoms with van der Waals surface area (Å²) in [6.45, 7) is 3.34. The highest BCUT2D eigenvalue weighted by atomic mass is 19.4. The molecule has 0 aliphatic rings. The standard InChI is InChI=1S/C24H19F3N4O3/c1-12-21(13(2)34-30-12)16-8-18-15(9-20(16)33-3)22-19(10-28-18)29-23(32)31(22)11-14-6-4-5-7-17(14)24(25,26)27/h4-10H,11H2,1-3H3,(H,29,32). The summed E-state index contributed by atoms with van der Waals surface area (Å²) in [6, 6.07) is 8.74. The number of H-pyrrole nitrogens is 1. The molecule has 2 aromatic carbocycles. The zero-order chi connectivity index (χ0) is 24.2. The van der Waals surface area contributed by atoms with Crippen LogP contribution in [0.5, 0.6) is 5.75 Å². The van der Waals surface area contributed by atoms with Crippen molar-refractivity contribution in [2.75, 3.05) is 7.11 Å². The Morgan fingerprint density at radius 3 is 2.62 bits per heavy atom. The molecule has 7 nitrogen and oxygen atoms in total. The van der Waals surface area contributed by atoms with Gasteiger partial charge < -0.3 is 14.2 Å². The molecule has 0 fully saturated rings. The summed E-state index contributed by atoms with van der Waals surface area (Å²) in [4.78, 5) is 19.9. The van der Waals surface area contributed by atoms with E-state index in [4.69, 9.17) is 9.26 Å². The summed E-state index contributed by atoms with van der Waals surface area (Å²) >= 11 is 0. The predicted molar refractivity (Wildman–Crippen MR) is 120 cm³/mol. The van der Waals surface area contributed by atoms with Crippen LogP contribution in [-0.2, 0) is 12.7 Å². The molecule has 0 atom stereocenters. The SMILES string of the molecule is COc1cc2c(cc1-c1c(C)noc1C)ncc1[nH]c(=O)n(Cc3ccccc3C(F)(F)F)c12. The van der Waals surface area contributed by atoms with E-state index in [2.05, 4.69) is 15.1 Å². The van der Waals surface area contributed by atoms with Crippen molar-refractivity contribution in [3.8, 4) is 16.9 Å². The van der Waals surface area contributed by atoms with Gasteiger partial charge in [0.15, 0.2) is 0 Å². The molecular formula is C24H19F3N4O3. The Hall–Kier alpha value is -4.08. The monoisotopic (exact) mass is 468 g/mol. The normalized spacial score (nSPS) is 12.1. The summed E-state index contributed by atoms with van der Waals surface area (Å²) in [6.07, 6.45) is -3.04. The van der Waals surface area contributed by atoms with Gasteiger partial charge in [0, 0.05) is 10.9 Å². The molecule has 0 aliphatic heterocycles. The number of imidazole rings is 1. The molecule has 0 saturated heterocycles. The molecule has 3 heterocycles. The summed E-state index contributed by atoms with van der Waals surface area (Å²) in [5.41, 5.74) is 2.23. The minimum Gasteiger partial charge on any atom is -0.496 e. The molecule has 0 radical (unpaired) electrons. The zero-order valence-corrected chi connectivity index (χ0v) is 18.4. The van der Waals surface area contributed by atoms with Gasteiger partial charge >= 0.3 is 11.9 Å². The minimum absolute atomic E-state index is 0.0118. The molecule has 1 N–H and O–H groups in total. The number of pyridine rings is 1. The fourth-order valence-electron chi connectivity index (χ4n) is 4.36. The van der Waals surface area contributed by atoms with Crippen LogP contribution in [0.3, 0.4) is 0 Å². The van der Waals surface area contributed by atoms with Crippen LogP contribution in [0.15, 0.2) is 51.9 Å². The molecule has 0 spiro atoms. The summed E-state index contributed by atoms with van der Waals surface area (Å²) < 4.78 is 52.9. The van der Waals surface area contributed by atoms with Gasteiger partial charge in [0.25, 0.3) is 0 Å².